The number of hydrogen-bond acceptors (Lipinski definition) is 4. The molecule has 7 heteroatoms. The van der Waals surface area contributed by atoms with Gasteiger partial charge in [-0.3, -0.25) is 14.9 Å². The second kappa shape index (κ2) is 7.16. The fourth-order valence-electron chi connectivity index (χ4n) is 2.84. The molecule has 124 valence electrons. The van der Waals surface area contributed by atoms with E-state index in [-0.39, 0.29) is 16.5 Å². The quantitative estimate of drug-likeness (QED) is 0.421. The molecular weight excluding hydrogens is 421 g/mol. The van der Waals surface area contributed by atoms with E-state index in [4.69, 9.17) is 0 Å². The summed E-state index contributed by atoms with van der Waals surface area (Å²) in [6, 6.07) is 14.2. The summed E-state index contributed by atoms with van der Waals surface area (Å²) in [6.07, 6.45) is 0. The standard InChI is InChI=1S/C17H16IN3O3/c18-14-5-3-4-13(12-14)17(22)20-10-8-19(9-11-20)15-6-1-2-7-16(15)21(23)24/h1-7,12H,8-11H2. The molecule has 0 aliphatic carbocycles. The van der Waals surface area contributed by atoms with Crippen LogP contribution in [0.15, 0.2) is 48.5 Å². The molecule has 1 fully saturated rings. The molecule has 3 rings (SSSR count). The highest BCUT2D eigenvalue weighted by Crippen LogP contribution is 2.28. The Labute approximate surface area is 153 Å². The number of benzene rings is 2. The molecule has 24 heavy (non-hydrogen) atoms. The second-order valence-corrected chi connectivity index (χ2v) is 6.78. The number of nitro benzene ring substituents is 1. The number of hydrogen-bond donors (Lipinski definition) is 0. The van der Waals surface area contributed by atoms with Crippen LogP contribution in [0.4, 0.5) is 11.4 Å². The Balaban J connectivity index is 1.70. The van der Waals surface area contributed by atoms with Crippen LogP contribution in [0.5, 0.6) is 0 Å². The summed E-state index contributed by atoms with van der Waals surface area (Å²) >= 11 is 2.19. The van der Waals surface area contributed by atoms with Crippen molar-refractivity contribution in [3.05, 3.63) is 67.8 Å². The lowest BCUT2D eigenvalue weighted by molar-refractivity contribution is -0.384. The minimum absolute atomic E-state index is 0.00993. The van der Waals surface area contributed by atoms with E-state index in [0.717, 1.165) is 3.57 Å². The van der Waals surface area contributed by atoms with Gasteiger partial charge in [0.05, 0.1) is 4.92 Å². The third kappa shape index (κ3) is 3.50. The van der Waals surface area contributed by atoms with Crippen molar-refractivity contribution in [3.8, 4) is 0 Å². The van der Waals surface area contributed by atoms with Gasteiger partial charge in [0.15, 0.2) is 0 Å². The van der Waals surface area contributed by atoms with Crippen molar-refractivity contribution in [2.45, 2.75) is 0 Å². The van der Waals surface area contributed by atoms with Crippen molar-refractivity contribution < 1.29 is 9.72 Å². The maximum atomic E-state index is 12.6. The van der Waals surface area contributed by atoms with Crippen LogP contribution in [0.1, 0.15) is 10.4 Å². The number of carbonyl (C=O) groups is 1. The summed E-state index contributed by atoms with van der Waals surface area (Å²) < 4.78 is 1.02. The average Bonchev–Trinajstić information content (AvgIpc) is 2.61. The van der Waals surface area contributed by atoms with Gasteiger partial charge in [0.2, 0.25) is 0 Å². The molecule has 1 aliphatic heterocycles. The number of amides is 1. The number of halogens is 1. The molecule has 0 N–H and O–H groups in total. The van der Waals surface area contributed by atoms with Gasteiger partial charge in [-0.25, -0.2) is 0 Å². The molecule has 6 nitrogen and oxygen atoms in total. The van der Waals surface area contributed by atoms with E-state index in [1.54, 1.807) is 23.1 Å². The van der Waals surface area contributed by atoms with Crippen molar-refractivity contribution in [1.29, 1.82) is 0 Å². The summed E-state index contributed by atoms with van der Waals surface area (Å²) in [5.41, 5.74) is 1.40. The van der Waals surface area contributed by atoms with E-state index in [2.05, 4.69) is 22.6 Å². The van der Waals surface area contributed by atoms with Gasteiger partial charge in [-0.1, -0.05) is 18.2 Å². The fourth-order valence-corrected chi connectivity index (χ4v) is 3.38. The highest BCUT2D eigenvalue weighted by atomic mass is 127. The van der Waals surface area contributed by atoms with Crippen molar-refractivity contribution in [1.82, 2.24) is 4.90 Å². The number of rotatable bonds is 3. The summed E-state index contributed by atoms with van der Waals surface area (Å²) in [5.74, 6) is 0.00993. The van der Waals surface area contributed by atoms with Gasteiger partial charge in [0, 0.05) is 41.4 Å². The predicted octanol–water partition coefficient (Wildman–Crippen LogP) is 3.16. The topological polar surface area (TPSA) is 66.7 Å². The van der Waals surface area contributed by atoms with Crippen molar-refractivity contribution in [2.75, 3.05) is 31.1 Å². The zero-order chi connectivity index (χ0) is 17.1. The summed E-state index contributed by atoms with van der Waals surface area (Å²) in [5, 5.41) is 11.2. The van der Waals surface area contributed by atoms with Crippen LogP contribution in [0, 0.1) is 13.7 Å². The van der Waals surface area contributed by atoms with Crippen LogP contribution in [-0.4, -0.2) is 41.9 Å². The maximum Gasteiger partial charge on any atom is 0.292 e. The van der Waals surface area contributed by atoms with Crippen molar-refractivity contribution in [2.24, 2.45) is 0 Å². The Hall–Kier alpha value is -2.16. The van der Waals surface area contributed by atoms with Crippen molar-refractivity contribution >= 4 is 39.9 Å². The first-order chi connectivity index (χ1) is 11.6. The van der Waals surface area contributed by atoms with Gasteiger partial charge in [0.1, 0.15) is 5.69 Å². The lowest BCUT2D eigenvalue weighted by atomic mass is 10.1. The highest BCUT2D eigenvalue weighted by molar-refractivity contribution is 14.1. The number of carbonyl (C=O) groups excluding carboxylic acids is 1. The van der Waals surface area contributed by atoms with E-state index in [1.165, 1.54) is 6.07 Å². The first kappa shape index (κ1) is 16.7. The van der Waals surface area contributed by atoms with Gasteiger partial charge in [-0.05, 0) is 46.9 Å². The van der Waals surface area contributed by atoms with Gasteiger partial charge in [0.25, 0.3) is 11.6 Å². The normalized spacial score (nSPS) is 14.5. The Morgan fingerprint density at radius 3 is 2.42 bits per heavy atom. The molecule has 2 aromatic rings. The van der Waals surface area contributed by atoms with Crippen LogP contribution in [0.3, 0.4) is 0 Å². The summed E-state index contributed by atoms with van der Waals surface area (Å²) in [4.78, 5) is 27.1. The molecule has 1 heterocycles. The molecule has 0 saturated carbocycles. The average molecular weight is 437 g/mol. The molecule has 2 aromatic carbocycles. The minimum Gasteiger partial charge on any atom is -0.362 e. The molecule has 0 unspecified atom stereocenters. The molecule has 1 saturated heterocycles. The van der Waals surface area contributed by atoms with Crippen LogP contribution >= 0.6 is 22.6 Å². The van der Waals surface area contributed by atoms with E-state index < -0.39 is 0 Å². The smallest absolute Gasteiger partial charge is 0.292 e. The number of piperazine rings is 1. The van der Waals surface area contributed by atoms with Gasteiger partial charge < -0.3 is 9.80 Å². The second-order valence-electron chi connectivity index (χ2n) is 5.54. The Morgan fingerprint density at radius 2 is 1.75 bits per heavy atom. The Morgan fingerprint density at radius 1 is 1.04 bits per heavy atom. The third-order valence-corrected chi connectivity index (χ3v) is 4.73. The fraction of sp³-hybridized carbons (Fsp3) is 0.235. The molecule has 0 radical (unpaired) electrons. The van der Waals surface area contributed by atoms with E-state index in [1.807, 2.05) is 29.2 Å². The van der Waals surface area contributed by atoms with Gasteiger partial charge in [-0.2, -0.15) is 0 Å². The monoisotopic (exact) mass is 437 g/mol. The third-order valence-electron chi connectivity index (χ3n) is 4.06. The van der Waals surface area contributed by atoms with Crippen LogP contribution < -0.4 is 4.90 Å². The molecule has 0 atom stereocenters. The maximum absolute atomic E-state index is 12.6. The number of anilines is 1. The molecule has 0 bridgehead atoms. The first-order valence-electron chi connectivity index (χ1n) is 7.59. The lowest BCUT2D eigenvalue weighted by Crippen LogP contribution is -2.49. The molecule has 0 spiro atoms. The van der Waals surface area contributed by atoms with E-state index in [9.17, 15) is 14.9 Å². The van der Waals surface area contributed by atoms with Crippen LogP contribution in [0.2, 0.25) is 0 Å². The first-order valence-corrected chi connectivity index (χ1v) is 8.67. The Kier molecular flexibility index (Phi) is 4.98. The molecule has 1 aliphatic rings. The van der Waals surface area contributed by atoms with Gasteiger partial charge in [-0.15, -0.1) is 0 Å². The molecule has 1 amide bonds. The zero-order valence-electron chi connectivity index (χ0n) is 12.9. The van der Waals surface area contributed by atoms with Crippen molar-refractivity contribution in [3.63, 3.8) is 0 Å². The molecular formula is C17H16IN3O3. The largest absolute Gasteiger partial charge is 0.362 e. The van der Waals surface area contributed by atoms with E-state index in [0.29, 0.717) is 37.4 Å². The zero-order valence-corrected chi connectivity index (χ0v) is 15.0. The summed E-state index contributed by atoms with van der Waals surface area (Å²) in [7, 11) is 0. The highest BCUT2D eigenvalue weighted by Gasteiger charge is 2.25. The molecule has 0 aromatic heterocycles. The van der Waals surface area contributed by atoms with Crippen LogP contribution in [-0.2, 0) is 0 Å². The SMILES string of the molecule is O=C(c1cccc(I)c1)N1CCN(c2ccccc2[N+](=O)[O-])CC1. The number of nitro groups is 1. The summed E-state index contributed by atoms with van der Waals surface area (Å²) in [6.45, 7) is 2.27. The predicted molar refractivity (Wildman–Crippen MR) is 100 cm³/mol. The van der Waals surface area contributed by atoms with E-state index >= 15 is 0 Å². The number of para-hydroxylation sites is 2. The Bertz CT molecular complexity index is 773. The van der Waals surface area contributed by atoms with Crippen LogP contribution in [0.25, 0.3) is 0 Å². The van der Waals surface area contributed by atoms with Gasteiger partial charge >= 0.3 is 0 Å². The lowest BCUT2D eigenvalue weighted by Gasteiger charge is -2.35. The number of nitrogens with zero attached hydrogens (tertiary/aromatic N) is 3. The minimum atomic E-state index is -0.362.